The highest BCUT2D eigenvalue weighted by molar-refractivity contribution is 7.92. The Kier molecular flexibility index (Phi) is 11.3. The summed E-state index contributed by atoms with van der Waals surface area (Å²) >= 11 is 18.6. The molecule has 1 N–H and O–H groups in total. The van der Waals surface area contributed by atoms with Crippen molar-refractivity contribution in [3.8, 4) is 0 Å². The van der Waals surface area contributed by atoms with Gasteiger partial charge in [0.15, 0.2) is 0 Å². The third kappa shape index (κ3) is 8.44. The Labute approximate surface area is 275 Å². The minimum atomic E-state index is -4.82. The summed E-state index contributed by atoms with van der Waals surface area (Å²) in [5.74, 6) is -1.27. The first kappa shape index (κ1) is 34.9. The van der Waals surface area contributed by atoms with Crippen molar-refractivity contribution < 1.29 is 31.2 Å². The molecule has 0 aliphatic heterocycles. The van der Waals surface area contributed by atoms with Crippen molar-refractivity contribution >= 4 is 62.3 Å². The number of carbonyl (C=O) groups is 2. The molecular weight excluding hydrogens is 674 g/mol. The van der Waals surface area contributed by atoms with Gasteiger partial charge in [0.25, 0.3) is 10.0 Å². The molecule has 0 bridgehead atoms. The van der Waals surface area contributed by atoms with Gasteiger partial charge in [-0.15, -0.1) is 0 Å². The van der Waals surface area contributed by atoms with Crippen LogP contribution in [0, 0.1) is 0 Å². The van der Waals surface area contributed by atoms with Crippen LogP contribution in [-0.4, -0.2) is 43.8 Å². The van der Waals surface area contributed by atoms with Gasteiger partial charge in [0, 0.05) is 12.6 Å². The van der Waals surface area contributed by atoms with Crippen LogP contribution >= 0.6 is 34.8 Å². The first-order valence-electron chi connectivity index (χ1n) is 14.2. The number of rotatable bonds is 11. The van der Waals surface area contributed by atoms with Crippen LogP contribution in [0.1, 0.15) is 50.2 Å². The molecule has 14 heteroatoms. The Morgan fingerprint density at radius 2 is 1.58 bits per heavy atom. The number of halogens is 6. The SMILES string of the molecule is CC[C@H](C(=O)NC1CCCC1)N(Cc1ccc(Cl)c(Cl)c1)C(=O)CN(c1cc(C(F)(F)F)ccc1Cl)S(=O)(=O)c1ccccc1. The zero-order chi connectivity index (χ0) is 32.9. The Hall–Kier alpha value is -2.99. The summed E-state index contributed by atoms with van der Waals surface area (Å²) < 4.78 is 69.7. The van der Waals surface area contributed by atoms with E-state index in [1.807, 2.05) is 0 Å². The lowest BCUT2D eigenvalue weighted by molar-refractivity contribution is -0.140. The van der Waals surface area contributed by atoms with E-state index in [2.05, 4.69) is 5.32 Å². The molecule has 1 saturated carbocycles. The van der Waals surface area contributed by atoms with Gasteiger partial charge in [0.1, 0.15) is 12.6 Å². The normalized spacial score (nSPS) is 14.6. The van der Waals surface area contributed by atoms with E-state index in [9.17, 15) is 31.2 Å². The maximum absolute atomic E-state index is 14.2. The molecule has 0 radical (unpaired) electrons. The molecule has 0 heterocycles. The van der Waals surface area contributed by atoms with Gasteiger partial charge < -0.3 is 10.2 Å². The zero-order valence-corrected chi connectivity index (χ0v) is 27.2. The number of sulfonamides is 1. The fraction of sp³-hybridized carbons (Fsp3) is 0.355. The fourth-order valence-electron chi connectivity index (χ4n) is 5.23. The number of nitrogens with zero attached hydrogens (tertiary/aromatic N) is 2. The van der Waals surface area contributed by atoms with Gasteiger partial charge in [-0.05, 0) is 67.3 Å². The van der Waals surface area contributed by atoms with E-state index in [4.69, 9.17) is 34.8 Å². The minimum absolute atomic E-state index is 0.0626. The molecule has 4 rings (SSSR count). The highest BCUT2D eigenvalue weighted by atomic mass is 35.5. The topological polar surface area (TPSA) is 86.8 Å². The summed E-state index contributed by atoms with van der Waals surface area (Å²) in [6.45, 7) is 0.588. The van der Waals surface area contributed by atoms with Gasteiger partial charge in [0.2, 0.25) is 11.8 Å². The summed E-state index contributed by atoms with van der Waals surface area (Å²) in [6, 6.07) is 12.8. The number of amides is 2. The Balaban J connectivity index is 1.79. The molecule has 0 spiro atoms. The Morgan fingerprint density at radius 3 is 2.18 bits per heavy atom. The first-order chi connectivity index (χ1) is 21.2. The quantitative estimate of drug-likeness (QED) is 0.222. The summed E-state index contributed by atoms with van der Waals surface area (Å²) in [7, 11) is -4.63. The fourth-order valence-corrected chi connectivity index (χ4v) is 7.27. The van der Waals surface area contributed by atoms with Crippen molar-refractivity contribution in [2.45, 2.75) is 68.7 Å². The molecule has 1 aliphatic carbocycles. The van der Waals surface area contributed by atoms with Crippen LogP contribution < -0.4 is 9.62 Å². The van der Waals surface area contributed by atoms with Crippen molar-refractivity contribution in [1.82, 2.24) is 10.2 Å². The lowest BCUT2D eigenvalue weighted by Gasteiger charge is -2.34. The molecule has 1 atom stereocenters. The molecule has 3 aromatic carbocycles. The largest absolute Gasteiger partial charge is 0.416 e. The van der Waals surface area contributed by atoms with Crippen molar-refractivity contribution in [2.75, 3.05) is 10.8 Å². The van der Waals surface area contributed by atoms with Crippen molar-refractivity contribution in [3.05, 3.63) is 92.9 Å². The summed E-state index contributed by atoms with van der Waals surface area (Å²) in [4.78, 5) is 28.7. The predicted molar refractivity (Wildman–Crippen MR) is 169 cm³/mol. The Bertz CT molecular complexity index is 1640. The lowest BCUT2D eigenvalue weighted by atomic mass is 10.1. The van der Waals surface area contributed by atoms with Gasteiger partial charge in [-0.2, -0.15) is 13.2 Å². The standard InChI is InChI=1S/C31H31Cl3F3N3O4S/c1-2-27(30(42)38-22-8-6-7-9-22)39(18-20-12-14-24(32)26(34)16-20)29(41)19-40(45(43,44)23-10-4-3-5-11-23)28-17-21(31(35,36)37)13-15-25(28)33/h3-5,10-17,22,27H,2,6-9,18-19H2,1H3,(H,38,42)/t27-/m1/s1. The first-order valence-corrected chi connectivity index (χ1v) is 16.8. The third-order valence-electron chi connectivity index (χ3n) is 7.58. The number of hydrogen-bond acceptors (Lipinski definition) is 4. The average molecular weight is 705 g/mol. The number of alkyl halides is 3. The van der Waals surface area contributed by atoms with Crippen LogP contribution in [0.3, 0.4) is 0 Å². The molecular formula is C31H31Cl3F3N3O4S. The van der Waals surface area contributed by atoms with Crippen molar-refractivity contribution in [1.29, 1.82) is 0 Å². The highest BCUT2D eigenvalue weighted by Crippen LogP contribution is 2.37. The minimum Gasteiger partial charge on any atom is -0.352 e. The van der Waals surface area contributed by atoms with Crippen LogP contribution in [0.5, 0.6) is 0 Å². The predicted octanol–water partition coefficient (Wildman–Crippen LogP) is 7.73. The van der Waals surface area contributed by atoms with Crippen LogP contribution in [-0.2, 0) is 32.3 Å². The molecule has 3 aromatic rings. The van der Waals surface area contributed by atoms with Gasteiger partial charge in [-0.25, -0.2) is 8.42 Å². The van der Waals surface area contributed by atoms with E-state index in [0.29, 0.717) is 15.9 Å². The molecule has 0 saturated heterocycles. The van der Waals surface area contributed by atoms with Gasteiger partial charge in [-0.3, -0.25) is 13.9 Å². The third-order valence-corrected chi connectivity index (χ3v) is 10.4. The molecule has 2 amide bonds. The van der Waals surface area contributed by atoms with E-state index in [1.54, 1.807) is 19.1 Å². The lowest BCUT2D eigenvalue weighted by Crippen LogP contribution is -2.53. The second kappa shape index (κ2) is 14.6. The Morgan fingerprint density at radius 1 is 0.933 bits per heavy atom. The number of carbonyl (C=O) groups excluding carboxylic acids is 2. The summed E-state index contributed by atoms with van der Waals surface area (Å²) in [5.41, 5.74) is -1.20. The zero-order valence-electron chi connectivity index (χ0n) is 24.2. The van der Waals surface area contributed by atoms with Crippen molar-refractivity contribution in [3.63, 3.8) is 0 Å². The van der Waals surface area contributed by atoms with Crippen molar-refractivity contribution in [2.24, 2.45) is 0 Å². The smallest absolute Gasteiger partial charge is 0.352 e. The molecule has 242 valence electrons. The summed E-state index contributed by atoms with van der Waals surface area (Å²) in [5, 5.41) is 3.14. The van der Waals surface area contributed by atoms with Gasteiger partial charge >= 0.3 is 6.18 Å². The molecule has 1 fully saturated rings. The molecule has 0 unspecified atom stereocenters. The monoisotopic (exact) mass is 703 g/mol. The second-order valence-electron chi connectivity index (χ2n) is 10.7. The van der Waals surface area contributed by atoms with Gasteiger partial charge in [-0.1, -0.05) is 78.8 Å². The molecule has 0 aromatic heterocycles. The van der Waals surface area contributed by atoms with Crippen LogP contribution in [0.2, 0.25) is 15.1 Å². The average Bonchev–Trinajstić information content (AvgIpc) is 3.50. The van der Waals surface area contributed by atoms with E-state index >= 15 is 0 Å². The van der Waals surface area contributed by atoms with Gasteiger partial charge in [0.05, 0.1) is 31.2 Å². The van der Waals surface area contributed by atoms with E-state index in [-0.39, 0.29) is 39.0 Å². The maximum atomic E-state index is 14.2. The van der Waals surface area contributed by atoms with Crippen LogP contribution in [0.15, 0.2) is 71.6 Å². The van der Waals surface area contributed by atoms with Crippen LogP contribution in [0.25, 0.3) is 0 Å². The molecule has 1 aliphatic rings. The number of nitrogens with one attached hydrogen (secondary N) is 1. The number of anilines is 1. The van der Waals surface area contributed by atoms with E-state index < -0.39 is 51.9 Å². The molecule has 7 nitrogen and oxygen atoms in total. The number of benzene rings is 3. The maximum Gasteiger partial charge on any atom is 0.416 e. The van der Waals surface area contributed by atoms with E-state index in [0.717, 1.165) is 37.8 Å². The molecule has 45 heavy (non-hydrogen) atoms. The highest BCUT2D eigenvalue weighted by Gasteiger charge is 2.37. The van der Waals surface area contributed by atoms with E-state index in [1.165, 1.54) is 41.3 Å². The summed E-state index contributed by atoms with van der Waals surface area (Å²) in [6.07, 6.45) is -1.16. The second-order valence-corrected chi connectivity index (χ2v) is 13.8. The number of hydrogen-bond donors (Lipinski definition) is 1. The van der Waals surface area contributed by atoms with Crippen LogP contribution in [0.4, 0.5) is 18.9 Å².